The summed E-state index contributed by atoms with van der Waals surface area (Å²) in [5.41, 5.74) is 5.27. The van der Waals surface area contributed by atoms with Crippen LogP contribution in [0.1, 0.15) is 19.3 Å². The highest BCUT2D eigenvalue weighted by Gasteiger charge is 2.37. The maximum absolute atomic E-state index is 12.4. The lowest BCUT2D eigenvalue weighted by molar-refractivity contribution is -0.122. The van der Waals surface area contributed by atoms with E-state index in [-0.39, 0.29) is 5.03 Å². The van der Waals surface area contributed by atoms with Crippen molar-refractivity contribution in [3.8, 4) is 0 Å². The Bertz CT molecular complexity index is 551. The molecule has 1 aromatic rings. The summed E-state index contributed by atoms with van der Waals surface area (Å²) in [5.74, 6) is -0.603. The summed E-state index contributed by atoms with van der Waals surface area (Å²) in [6, 6.07) is -0.759. The number of aryl methyl sites for hydroxylation is 1. The largest absolute Gasteiger partial charge is 0.368 e. The number of nitrogens with two attached hydrogens (primary N) is 1. The molecule has 0 spiro atoms. The van der Waals surface area contributed by atoms with Crippen molar-refractivity contribution in [2.24, 2.45) is 12.8 Å². The minimum absolute atomic E-state index is 0.0434. The summed E-state index contributed by atoms with van der Waals surface area (Å²) < 4.78 is 27.4. The highest BCUT2D eigenvalue weighted by molar-refractivity contribution is 7.89. The fourth-order valence-electron chi connectivity index (χ4n) is 2.12. The van der Waals surface area contributed by atoms with Crippen LogP contribution in [0.4, 0.5) is 0 Å². The van der Waals surface area contributed by atoms with Gasteiger partial charge < -0.3 is 10.3 Å². The fraction of sp³-hybridized carbons (Fsp3) is 0.600. The van der Waals surface area contributed by atoms with E-state index >= 15 is 0 Å². The van der Waals surface area contributed by atoms with Crippen molar-refractivity contribution in [3.63, 3.8) is 0 Å². The van der Waals surface area contributed by atoms with Crippen molar-refractivity contribution in [2.45, 2.75) is 30.3 Å². The standard InChI is InChI=1S/C10H16N4O3S/c1-13-6-9(12-7-13)18(16,17)14-5-3-2-4-8(14)10(11)15/h6-8H,2-5H2,1H3,(H2,11,15). The summed E-state index contributed by atoms with van der Waals surface area (Å²) in [7, 11) is -2.05. The third-order valence-corrected chi connectivity index (χ3v) is 4.83. The quantitative estimate of drug-likeness (QED) is 0.798. The Kier molecular flexibility index (Phi) is 3.40. The Morgan fingerprint density at radius 2 is 2.22 bits per heavy atom. The fourth-order valence-corrected chi connectivity index (χ4v) is 3.75. The highest BCUT2D eigenvalue weighted by atomic mass is 32.2. The van der Waals surface area contributed by atoms with Gasteiger partial charge in [-0.3, -0.25) is 4.79 Å². The van der Waals surface area contributed by atoms with Gasteiger partial charge in [0.1, 0.15) is 6.04 Å². The normalized spacial score (nSPS) is 21.9. The van der Waals surface area contributed by atoms with Gasteiger partial charge in [0, 0.05) is 19.8 Å². The zero-order chi connectivity index (χ0) is 13.3. The molecule has 7 nitrogen and oxygen atoms in total. The molecule has 0 aromatic carbocycles. The predicted molar refractivity (Wildman–Crippen MR) is 63.9 cm³/mol. The van der Waals surface area contributed by atoms with Crippen LogP contribution in [0.5, 0.6) is 0 Å². The second-order valence-corrected chi connectivity index (χ2v) is 6.24. The SMILES string of the molecule is Cn1cnc(S(=O)(=O)N2CCCCC2C(N)=O)c1. The summed E-state index contributed by atoms with van der Waals surface area (Å²) in [6.07, 6.45) is 4.84. The van der Waals surface area contributed by atoms with Gasteiger partial charge in [0.2, 0.25) is 5.91 Å². The van der Waals surface area contributed by atoms with Gasteiger partial charge in [-0.2, -0.15) is 4.31 Å². The average Bonchev–Trinajstić information content (AvgIpc) is 2.76. The molecule has 1 aliphatic heterocycles. The van der Waals surface area contributed by atoms with Crippen LogP contribution < -0.4 is 5.73 Å². The molecule has 1 atom stereocenters. The van der Waals surface area contributed by atoms with E-state index in [1.807, 2.05) is 0 Å². The maximum Gasteiger partial charge on any atom is 0.262 e. The lowest BCUT2D eigenvalue weighted by atomic mass is 10.0. The molecule has 1 fully saturated rings. The first-order valence-corrected chi connectivity index (χ1v) is 7.16. The Hall–Kier alpha value is -1.41. The van der Waals surface area contributed by atoms with E-state index in [9.17, 15) is 13.2 Å². The molecule has 1 aliphatic rings. The van der Waals surface area contributed by atoms with Crippen LogP contribution in [0, 0.1) is 0 Å². The molecule has 1 unspecified atom stereocenters. The number of aromatic nitrogens is 2. The molecule has 0 aliphatic carbocycles. The highest BCUT2D eigenvalue weighted by Crippen LogP contribution is 2.24. The first-order chi connectivity index (χ1) is 8.43. The van der Waals surface area contributed by atoms with E-state index < -0.39 is 22.0 Å². The molecule has 100 valence electrons. The van der Waals surface area contributed by atoms with Crippen molar-refractivity contribution >= 4 is 15.9 Å². The number of sulfonamides is 1. The van der Waals surface area contributed by atoms with Gasteiger partial charge in [-0.15, -0.1) is 0 Å². The Labute approximate surface area is 106 Å². The third kappa shape index (κ3) is 2.25. The maximum atomic E-state index is 12.4. The number of piperidine rings is 1. The lowest BCUT2D eigenvalue weighted by Crippen LogP contribution is -2.50. The number of hydrogen-bond acceptors (Lipinski definition) is 4. The molecule has 1 saturated heterocycles. The molecule has 1 aromatic heterocycles. The number of carbonyl (C=O) groups excluding carboxylic acids is 1. The number of hydrogen-bond donors (Lipinski definition) is 1. The van der Waals surface area contributed by atoms with Gasteiger partial charge >= 0.3 is 0 Å². The van der Waals surface area contributed by atoms with Crippen LogP contribution in [0.15, 0.2) is 17.6 Å². The Morgan fingerprint density at radius 1 is 1.50 bits per heavy atom. The summed E-state index contributed by atoms with van der Waals surface area (Å²) >= 11 is 0. The zero-order valence-electron chi connectivity index (χ0n) is 10.1. The summed E-state index contributed by atoms with van der Waals surface area (Å²) in [5, 5.41) is -0.0434. The van der Waals surface area contributed by atoms with E-state index in [1.165, 1.54) is 16.8 Å². The number of imidazole rings is 1. The van der Waals surface area contributed by atoms with E-state index in [4.69, 9.17) is 5.73 Å². The second-order valence-electron chi connectivity index (χ2n) is 4.41. The van der Waals surface area contributed by atoms with Gasteiger partial charge in [-0.05, 0) is 12.8 Å². The topological polar surface area (TPSA) is 98.3 Å². The van der Waals surface area contributed by atoms with Gasteiger partial charge in [-0.25, -0.2) is 13.4 Å². The van der Waals surface area contributed by atoms with Gasteiger partial charge in [0.05, 0.1) is 6.33 Å². The van der Waals surface area contributed by atoms with E-state index in [1.54, 1.807) is 11.6 Å². The van der Waals surface area contributed by atoms with Gasteiger partial charge in [-0.1, -0.05) is 6.42 Å². The first-order valence-electron chi connectivity index (χ1n) is 5.72. The molecule has 0 radical (unpaired) electrons. The Morgan fingerprint density at radius 3 is 2.78 bits per heavy atom. The van der Waals surface area contributed by atoms with Crippen LogP contribution in [-0.2, 0) is 21.9 Å². The molecule has 1 amide bonds. The molecule has 8 heteroatoms. The molecule has 2 heterocycles. The van der Waals surface area contributed by atoms with Crippen LogP contribution >= 0.6 is 0 Å². The Balaban J connectivity index is 2.36. The number of carbonyl (C=O) groups is 1. The van der Waals surface area contributed by atoms with Crippen LogP contribution in [0.2, 0.25) is 0 Å². The zero-order valence-corrected chi connectivity index (χ0v) is 10.9. The van der Waals surface area contributed by atoms with E-state index in [0.717, 1.165) is 12.8 Å². The summed E-state index contributed by atoms with van der Waals surface area (Å²) in [4.78, 5) is 15.2. The van der Waals surface area contributed by atoms with E-state index in [0.29, 0.717) is 13.0 Å². The average molecular weight is 272 g/mol. The first kappa shape index (κ1) is 13.0. The van der Waals surface area contributed by atoms with Crippen molar-refractivity contribution < 1.29 is 13.2 Å². The monoisotopic (exact) mass is 272 g/mol. The molecular formula is C10H16N4O3S. The van der Waals surface area contributed by atoms with Crippen molar-refractivity contribution in [2.75, 3.05) is 6.54 Å². The van der Waals surface area contributed by atoms with Crippen molar-refractivity contribution in [1.29, 1.82) is 0 Å². The van der Waals surface area contributed by atoms with Gasteiger partial charge in [0.25, 0.3) is 10.0 Å². The number of nitrogens with zero attached hydrogens (tertiary/aromatic N) is 3. The number of rotatable bonds is 3. The summed E-state index contributed by atoms with van der Waals surface area (Å²) in [6.45, 7) is 0.312. The molecule has 2 rings (SSSR count). The smallest absolute Gasteiger partial charge is 0.262 e. The molecule has 2 N–H and O–H groups in total. The molecule has 0 bridgehead atoms. The second kappa shape index (κ2) is 4.69. The molecular weight excluding hydrogens is 256 g/mol. The predicted octanol–water partition coefficient (Wildman–Crippen LogP) is -0.551. The van der Waals surface area contributed by atoms with Gasteiger partial charge in [0.15, 0.2) is 5.03 Å². The van der Waals surface area contributed by atoms with Crippen LogP contribution in [0.25, 0.3) is 0 Å². The minimum atomic E-state index is -3.73. The molecule has 18 heavy (non-hydrogen) atoms. The number of primary amides is 1. The number of amides is 1. The van der Waals surface area contributed by atoms with Crippen molar-refractivity contribution in [1.82, 2.24) is 13.9 Å². The van der Waals surface area contributed by atoms with E-state index in [2.05, 4.69) is 4.98 Å². The van der Waals surface area contributed by atoms with Crippen molar-refractivity contribution in [3.05, 3.63) is 12.5 Å². The lowest BCUT2D eigenvalue weighted by Gasteiger charge is -2.31. The minimum Gasteiger partial charge on any atom is -0.368 e. The van der Waals surface area contributed by atoms with Crippen LogP contribution in [-0.4, -0.2) is 40.8 Å². The van der Waals surface area contributed by atoms with Crippen LogP contribution in [0.3, 0.4) is 0 Å². The molecule has 0 saturated carbocycles. The third-order valence-electron chi connectivity index (χ3n) is 3.04.